The molecule has 2 N–H and O–H groups in total. The maximum Gasteiger partial charge on any atom is 0.228 e. The number of benzene rings is 1. The highest BCUT2D eigenvalue weighted by atomic mass is 16.2. The summed E-state index contributed by atoms with van der Waals surface area (Å²) in [4.78, 5) is 13.7. The van der Waals surface area contributed by atoms with Gasteiger partial charge in [0.1, 0.15) is 0 Å². The minimum Gasteiger partial charge on any atom is -0.330 e. The first kappa shape index (κ1) is 12.7. The van der Waals surface area contributed by atoms with Gasteiger partial charge in [-0.1, -0.05) is 12.1 Å². The lowest BCUT2D eigenvalue weighted by Crippen LogP contribution is -2.32. The fraction of sp³-hybridized carbons (Fsp3) is 0.462. The van der Waals surface area contributed by atoms with E-state index < -0.39 is 0 Å². The molecular formula is C13H20N2O. The van der Waals surface area contributed by atoms with Gasteiger partial charge in [-0.25, -0.2) is 0 Å². The summed E-state index contributed by atoms with van der Waals surface area (Å²) in [6, 6.07) is 6.15. The Kier molecular flexibility index (Phi) is 4.50. The van der Waals surface area contributed by atoms with Crippen molar-refractivity contribution in [3.8, 4) is 0 Å². The van der Waals surface area contributed by atoms with Gasteiger partial charge in [0.15, 0.2) is 0 Å². The van der Waals surface area contributed by atoms with Crippen LogP contribution in [-0.4, -0.2) is 19.0 Å². The Bertz CT molecular complexity index is 374. The normalized spacial score (nSPS) is 10.2. The van der Waals surface area contributed by atoms with E-state index in [1.807, 2.05) is 32.9 Å². The number of hydrogen-bond donors (Lipinski definition) is 1. The third kappa shape index (κ3) is 2.83. The molecule has 0 bridgehead atoms. The molecule has 1 rings (SSSR count). The van der Waals surface area contributed by atoms with E-state index in [1.54, 1.807) is 4.90 Å². The standard InChI is InChI=1S/C13H20N2O/c1-4-15(13(16)7-8-14)12-9-10(2)5-6-11(12)3/h5-6,9H,4,7-8,14H2,1-3H3. The summed E-state index contributed by atoms with van der Waals surface area (Å²) >= 11 is 0. The van der Waals surface area contributed by atoms with Crippen LogP contribution in [0.5, 0.6) is 0 Å². The fourth-order valence-corrected chi connectivity index (χ4v) is 1.75. The van der Waals surface area contributed by atoms with Gasteiger partial charge in [0, 0.05) is 25.2 Å². The van der Waals surface area contributed by atoms with Crippen molar-refractivity contribution < 1.29 is 4.79 Å². The van der Waals surface area contributed by atoms with Crippen LogP contribution >= 0.6 is 0 Å². The zero-order chi connectivity index (χ0) is 12.1. The lowest BCUT2D eigenvalue weighted by molar-refractivity contribution is -0.118. The quantitative estimate of drug-likeness (QED) is 0.843. The monoisotopic (exact) mass is 220 g/mol. The number of amides is 1. The minimum absolute atomic E-state index is 0.0960. The summed E-state index contributed by atoms with van der Waals surface area (Å²) in [6.07, 6.45) is 0.404. The Morgan fingerprint density at radius 1 is 1.38 bits per heavy atom. The maximum absolute atomic E-state index is 11.9. The van der Waals surface area contributed by atoms with Gasteiger partial charge >= 0.3 is 0 Å². The molecule has 0 radical (unpaired) electrons. The lowest BCUT2D eigenvalue weighted by atomic mass is 10.1. The predicted octanol–water partition coefficient (Wildman–Crippen LogP) is 2.01. The average Bonchev–Trinajstić information content (AvgIpc) is 2.24. The summed E-state index contributed by atoms with van der Waals surface area (Å²) in [5.41, 5.74) is 8.71. The van der Waals surface area contributed by atoms with Gasteiger partial charge < -0.3 is 10.6 Å². The van der Waals surface area contributed by atoms with Crippen molar-refractivity contribution in [3.63, 3.8) is 0 Å². The molecule has 0 heterocycles. The molecule has 1 aromatic carbocycles. The Hall–Kier alpha value is -1.35. The molecule has 0 fully saturated rings. The summed E-state index contributed by atoms with van der Waals surface area (Å²) in [6.45, 7) is 7.12. The summed E-state index contributed by atoms with van der Waals surface area (Å²) in [5, 5.41) is 0. The molecule has 0 aliphatic carbocycles. The van der Waals surface area contributed by atoms with Gasteiger partial charge in [-0.15, -0.1) is 0 Å². The van der Waals surface area contributed by atoms with Crippen LogP contribution in [0.15, 0.2) is 18.2 Å². The van der Waals surface area contributed by atoms with E-state index in [9.17, 15) is 4.79 Å². The van der Waals surface area contributed by atoms with E-state index in [1.165, 1.54) is 5.56 Å². The molecule has 0 saturated heterocycles. The van der Waals surface area contributed by atoms with Crippen molar-refractivity contribution in [2.45, 2.75) is 27.2 Å². The summed E-state index contributed by atoms with van der Waals surface area (Å²) in [5.74, 6) is 0.0960. The highest BCUT2D eigenvalue weighted by Gasteiger charge is 2.14. The molecule has 1 amide bonds. The average molecular weight is 220 g/mol. The van der Waals surface area contributed by atoms with Crippen molar-refractivity contribution in [1.82, 2.24) is 0 Å². The molecule has 0 spiro atoms. The number of anilines is 1. The Labute approximate surface area is 97.2 Å². The van der Waals surface area contributed by atoms with E-state index in [2.05, 4.69) is 6.07 Å². The smallest absolute Gasteiger partial charge is 0.228 e. The highest BCUT2D eigenvalue weighted by Crippen LogP contribution is 2.21. The van der Waals surface area contributed by atoms with Crippen LogP contribution in [0.25, 0.3) is 0 Å². The molecule has 1 aromatic rings. The van der Waals surface area contributed by atoms with Gasteiger partial charge in [-0.3, -0.25) is 4.79 Å². The summed E-state index contributed by atoms with van der Waals surface area (Å²) < 4.78 is 0. The Morgan fingerprint density at radius 3 is 2.62 bits per heavy atom. The van der Waals surface area contributed by atoms with Crippen molar-refractivity contribution in [2.24, 2.45) is 5.73 Å². The second-order valence-corrected chi connectivity index (χ2v) is 3.97. The SMILES string of the molecule is CCN(C(=O)CCN)c1cc(C)ccc1C. The first-order chi connectivity index (χ1) is 7.60. The molecule has 16 heavy (non-hydrogen) atoms. The molecule has 0 unspecified atom stereocenters. The number of hydrogen-bond acceptors (Lipinski definition) is 2. The molecular weight excluding hydrogens is 200 g/mol. The van der Waals surface area contributed by atoms with Gasteiger partial charge in [-0.2, -0.15) is 0 Å². The van der Waals surface area contributed by atoms with E-state index in [0.29, 0.717) is 19.5 Å². The van der Waals surface area contributed by atoms with E-state index in [0.717, 1.165) is 11.3 Å². The molecule has 0 atom stereocenters. The number of carbonyl (C=O) groups is 1. The molecule has 0 aromatic heterocycles. The van der Waals surface area contributed by atoms with Crippen LogP contribution < -0.4 is 10.6 Å². The van der Waals surface area contributed by atoms with Gasteiger partial charge in [0.2, 0.25) is 5.91 Å². The van der Waals surface area contributed by atoms with Gasteiger partial charge in [0.25, 0.3) is 0 Å². The molecule has 0 saturated carbocycles. The molecule has 88 valence electrons. The Morgan fingerprint density at radius 2 is 2.06 bits per heavy atom. The number of aryl methyl sites for hydroxylation is 2. The van der Waals surface area contributed by atoms with Crippen molar-refractivity contribution in [3.05, 3.63) is 29.3 Å². The maximum atomic E-state index is 11.9. The van der Waals surface area contributed by atoms with Crippen LogP contribution in [0.4, 0.5) is 5.69 Å². The minimum atomic E-state index is 0.0960. The van der Waals surface area contributed by atoms with Crippen LogP contribution in [0.1, 0.15) is 24.5 Å². The molecule has 0 aliphatic rings. The van der Waals surface area contributed by atoms with Crippen LogP contribution in [0, 0.1) is 13.8 Å². The third-order valence-electron chi connectivity index (χ3n) is 2.63. The zero-order valence-electron chi connectivity index (χ0n) is 10.3. The fourth-order valence-electron chi connectivity index (χ4n) is 1.75. The van der Waals surface area contributed by atoms with Crippen LogP contribution in [0.2, 0.25) is 0 Å². The topological polar surface area (TPSA) is 46.3 Å². The Balaban J connectivity index is 3.03. The van der Waals surface area contributed by atoms with Crippen LogP contribution in [0.3, 0.4) is 0 Å². The molecule has 3 nitrogen and oxygen atoms in total. The van der Waals surface area contributed by atoms with Gasteiger partial charge in [-0.05, 0) is 38.0 Å². The van der Waals surface area contributed by atoms with E-state index in [4.69, 9.17) is 5.73 Å². The number of rotatable bonds is 4. The number of nitrogens with two attached hydrogens (primary N) is 1. The lowest BCUT2D eigenvalue weighted by Gasteiger charge is -2.23. The van der Waals surface area contributed by atoms with Crippen molar-refractivity contribution >= 4 is 11.6 Å². The van der Waals surface area contributed by atoms with E-state index in [-0.39, 0.29) is 5.91 Å². The van der Waals surface area contributed by atoms with Crippen molar-refractivity contribution in [2.75, 3.05) is 18.0 Å². The first-order valence-corrected chi connectivity index (χ1v) is 5.67. The molecule has 3 heteroatoms. The predicted molar refractivity (Wildman–Crippen MR) is 67.6 cm³/mol. The second kappa shape index (κ2) is 5.66. The second-order valence-electron chi connectivity index (χ2n) is 3.97. The third-order valence-corrected chi connectivity index (χ3v) is 2.63. The number of carbonyl (C=O) groups excluding carboxylic acids is 1. The molecule has 0 aliphatic heterocycles. The summed E-state index contributed by atoms with van der Waals surface area (Å²) in [7, 11) is 0. The zero-order valence-corrected chi connectivity index (χ0v) is 10.3. The van der Waals surface area contributed by atoms with Crippen molar-refractivity contribution in [1.29, 1.82) is 0 Å². The first-order valence-electron chi connectivity index (χ1n) is 5.67. The highest BCUT2D eigenvalue weighted by molar-refractivity contribution is 5.94. The number of nitrogens with zero attached hydrogens (tertiary/aromatic N) is 1. The largest absolute Gasteiger partial charge is 0.330 e. The van der Waals surface area contributed by atoms with Gasteiger partial charge in [0.05, 0.1) is 0 Å². The van der Waals surface area contributed by atoms with E-state index >= 15 is 0 Å². The van der Waals surface area contributed by atoms with Crippen LogP contribution in [-0.2, 0) is 4.79 Å².